The highest BCUT2D eigenvalue weighted by Gasteiger charge is 2.20. The molecular formula is C15H14N4O3. The largest absolute Gasteiger partial charge is 0.423 e. The number of rotatable bonds is 3. The molecule has 7 nitrogen and oxygen atoms in total. The standard InChI is InChI=1S/C15H14N4O3/c1-15(2,21)13-5-9(3-4-17-13)22-14(20)11-6-16-8-12-10(11)7-18-19-12/h3-8,21H,1-2H3,(H,18,19). The van der Waals surface area contributed by atoms with Crippen LogP contribution in [0, 0.1) is 0 Å². The van der Waals surface area contributed by atoms with E-state index in [0.717, 1.165) is 0 Å². The van der Waals surface area contributed by atoms with Gasteiger partial charge in [0.1, 0.15) is 11.4 Å². The molecule has 0 aromatic carbocycles. The second-order valence-electron chi connectivity index (χ2n) is 5.34. The molecule has 0 radical (unpaired) electrons. The maximum atomic E-state index is 12.3. The number of H-pyrrole nitrogens is 1. The fourth-order valence-electron chi connectivity index (χ4n) is 2.00. The molecule has 0 atom stereocenters. The summed E-state index contributed by atoms with van der Waals surface area (Å²) in [5.74, 6) is -0.245. The summed E-state index contributed by atoms with van der Waals surface area (Å²) in [5, 5.41) is 17.2. The van der Waals surface area contributed by atoms with Crippen molar-refractivity contribution in [3.8, 4) is 5.75 Å². The number of hydrogen-bond acceptors (Lipinski definition) is 6. The van der Waals surface area contributed by atoms with Crippen LogP contribution in [0.4, 0.5) is 0 Å². The number of pyridine rings is 2. The first-order valence-corrected chi connectivity index (χ1v) is 6.63. The lowest BCUT2D eigenvalue weighted by Gasteiger charge is -2.16. The number of esters is 1. The molecule has 3 aromatic heterocycles. The number of nitrogens with zero attached hydrogens (tertiary/aromatic N) is 3. The Morgan fingerprint density at radius 1 is 1.32 bits per heavy atom. The number of aromatic nitrogens is 4. The Hall–Kier alpha value is -2.80. The van der Waals surface area contributed by atoms with Crippen molar-refractivity contribution >= 4 is 16.9 Å². The molecule has 0 aliphatic rings. The lowest BCUT2D eigenvalue weighted by molar-refractivity contribution is 0.0698. The van der Waals surface area contributed by atoms with Crippen molar-refractivity contribution in [1.29, 1.82) is 0 Å². The monoisotopic (exact) mass is 298 g/mol. The summed E-state index contributed by atoms with van der Waals surface area (Å²) in [6.45, 7) is 3.22. The molecule has 0 amide bonds. The van der Waals surface area contributed by atoms with Crippen LogP contribution in [-0.4, -0.2) is 31.2 Å². The van der Waals surface area contributed by atoms with E-state index in [1.807, 2.05) is 0 Å². The summed E-state index contributed by atoms with van der Waals surface area (Å²) >= 11 is 0. The number of ether oxygens (including phenoxy) is 1. The van der Waals surface area contributed by atoms with Gasteiger partial charge >= 0.3 is 5.97 Å². The highest BCUT2D eigenvalue weighted by molar-refractivity contribution is 6.03. The van der Waals surface area contributed by atoms with E-state index in [0.29, 0.717) is 27.9 Å². The zero-order chi connectivity index (χ0) is 15.7. The number of nitrogens with one attached hydrogen (secondary N) is 1. The minimum Gasteiger partial charge on any atom is -0.423 e. The summed E-state index contributed by atoms with van der Waals surface area (Å²) in [6.07, 6.45) is 6.03. The van der Waals surface area contributed by atoms with Crippen LogP contribution in [-0.2, 0) is 5.60 Å². The minimum atomic E-state index is -1.12. The van der Waals surface area contributed by atoms with Gasteiger partial charge in [-0.2, -0.15) is 5.10 Å². The van der Waals surface area contributed by atoms with Gasteiger partial charge in [-0.1, -0.05) is 0 Å². The molecule has 0 bridgehead atoms. The fraction of sp³-hybridized carbons (Fsp3) is 0.200. The van der Waals surface area contributed by atoms with Crippen molar-refractivity contribution < 1.29 is 14.6 Å². The van der Waals surface area contributed by atoms with E-state index in [9.17, 15) is 9.90 Å². The normalized spacial score (nSPS) is 11.6. The molecule has 3 aromatic rings. The van der Waals surface area contributed by atoms with E-state index in [1.165, 1.54) is 18.5 Å². The molecule has 0 saturated carbocycles. The summed E-state index contributed by atoms with van der Waals surface area (Å²) in [7, 11) is 0. The number of carbonyl (C=O) groups is 1. The lowest BCUT2D eigenvalue weighted by atomic mass is 10.0. The molecule has 2 N–H and O–H groups in total. The van der Waals surface area contributed by atoms with Crippen LogP contribution in [0.1, 0.15) is 29.9 Å². The zero-order valence-electron chi connectivity index (χ0n) is 12.1. The molecule has 3 rings (SSSR count). The van der Waals surface area contributed by atoms with Crippen LogP contribution in [0.25, 0.3) is 10.9 Å². The van der Waals surface area contributed by atoms with Gasteiger partial charge in [-0.25, -0.2) is 4.79 Å². The first-order valence-electron chi connectivity index (χ1n) is 6.63. The van der Waals surface area contributed by atoms with Crippen molar-refractivity contribution in [2.75, 3.05) is 0 Å². The molecule has 22 heavy (non-hydrogen) atoms. The Kier molecular flexibility index (Phi) is 3.34. The maximum absolute atomic E-state index is 12.3. The Bertz CT molecular complexity index is 836. The second-order valence-corrected chi connectivity index (χ2v) is 5.34. The number of aromatic amines is 1. The van der Waals surface area contributed by atoms with Crippen molar-refractivity contribution in [3.63, 3.8) is 0 Å². The number of aliphatic hydroxyl groups is 1. The van der Waals surface area contributed by atoms with Crippen molar-refractivity contribution in [2.24, 2.45) is 0 Å². The van der Waals surface area contributed by atoms with E-state index >= 15 is 0 Å². The Labute approximate surface area is 126 Å². The zero-order valence-corrected chi connectivity index (χ0v) is 12.1. The van der Waals surface area contributed by atoms with Gasteiger partial charge in [-0.15, -0.1) is 0 Å². The second kappa shape index (κ2) is 5.19. The minimum absolute atomic E-state index is 0.303. The van der Waals surface area contributed by atoms with Crippen LogP contribution in [0.15, 0.2) is 36.9 Å². The molecule has 0 fully saturated rings. The van der Waals surface area contributed by atoms with E-state index in [4.69, 9.17) is 4.74 Å². The third kappa shape index (κ3) is 2.66. The molecule has 0 aliphatic carbocycles. The number of hydrogen-bond donors (Lipinski definition) is 2. The van der Waals surface area contributed by atoms with E-state index in [1.54, 1.807) is 32.3 Å². The molecule has 0 saturated heterocycles. The van der Waals surface area contributed by atoms with Crippen LogP contribution in [0.5, 0.6) is 5.75 Å². The summed E-state index contributed by atoms with van der Waals surface area (Å²) in [5.41, 5.74) is 0.265. The van der Waals surface area contributed by atoms with Gasteiger partial charge in [0.2, 0.25) is 0 Å². The highest BCUT2D eigenvalue weighted by atomic mass is 16.5. The van der Waals surface area contributed by atoms with Gasteiger partial charge in [0, 0.05) is 23.8 Å². The lowest BCUT2D eigenvalue weighted by Crippen LogP contribution is -2.18. The first kappa shape index (κ1) is 14.2. The van der Waals surface area contributed by atoms with E-state index < -0.39 is 11.6 Å². The van der Waals surface area contributed by atoms with Gasteiger partial charge in [0.25, 0.3) is 0 Å². The predicted octanol–water partition coefficient (Wildman–Crippen LogP) is 1.80. The molecule has 0 spiro atoms. The molecular weight excluding hydrogens is 284 g/mol. The van der Waals surface area contributed by atoms with Crippen LogP contribution < -0.4 is 4.74 Å². The molecule has 0 unspecified atom stereocenters. The van der Waals surface area contributed by atoms with Crippen LogP contribution in [0.2, 0.25) is 0 Å². The Morgan fingerprint density at radius 3 is 2.91 bits per heavy atom. The Morgan fingerprint density at radius 2 is 2.14 bits per heavy atom. The average Bonchev–Trinajstić information content (AvgIpc) is 2.94. The maximum Gasteiger partial charge on any atom is 0.345 e. The molecule has 0 aliphatic heterocycles. The van der Waals surface area contributed by atoms with Gasteiger partial charge in [-0.05, 0) is 19.9 Å². The molecule has 7 heteroatoms. The van der Waals surface area contributed by atoms with Gasteiger partial charge in [0.15, 0.2) is 0 Å². The fourth-order valence-corrected chi connectivity index (χ4v) is 2.00. The molecule has 112 valence electrons. The van der Waals surface area contributed by atoms with Gasteiger partial charge in [0.05, 0.1) is 29.2 Å². The van der Waals surface area contributed by atoms with Crippen LogP contribution >= 0.6 is 0 Å². The summed E-state index contributed by atoms with van der Waals surface area (Å²) in [6, 6.07) is 3.08. The van der Waals surface area contributed by atoms with Crippen molar-refractivity contribution in [2.45, 2.75) is 19.4 Å². The first-order chi connectivity index (χ1) is 10.4. The number of fused-ring (bicyclic) bond motifs is 1. The van der Waals surface area contributed by atoms with Crippen molar-refractivity contribution in [3.05, 3.63) is 48.2 Å². The topological polar surface area (TPSA) is 101 Å². The van der Waals surface area contributed by atoms with Crippen LogP contribution in [0.3, 0.4) is 0 Å². The smallest absolute Gasteiger partial charge is 0.345 e. The van der Waals surface area contributed by atoms with Gasteiger partial charge < -0.3 is 9.84 Å². The van der Waals surface area contributed by atoms with Crippen molar-refractivity contribution in [1.82, 2.24) is 20.2 Å². The van der Waals surface area contributed by atoms with Gasteiger partial charge in [-0.3, -0.25) is 15.1 Å². The van der Waals surface area contributed by atoms with E-state index in [-0.39, 0.29) is 0 Å². The molecule has 3 heterocycles. The summed E-state index contributed by atoms with van der Waals surface area (Å²) in [4.78, 5) is 20.3. The summed E-state index contributed by atoms with van der Waals surface area (Å²) < 4.78 is 5.34. The predicted molar refractivity (Wildman–Crippen MR) is 78.3 cm³/mol. The van der Waals surface area contributed by atoms with E-state index in [2.05, 4.69) is 20.2 Å². The SMILES string of the molecule is CC(C)(O)c1cc(OC(=O)c2cncc3[nH]ncc23)ccn1. The highest BCUT2D eigenvalue weighted by Crippen LogP contribution is 2.23. The Balaban J connectivity index is 1.90. The quantitative estimate of drug-likeness (QED) is 0.715. The third-order valence-corrected chi connectivity index (χ3v) is 3.15. The average molecular weight is 298 g/mol. The number of carbonyl (C=O) groups excluding carboxylic acids is 1. The third-order valence-electron chi connectivity index (χ3n) is 3.15.